The van der Waals surface area contributed by atoms with E-state index < -0.39 is 47.9 Å². The van der Waals surface area contributed by atoms with E-state index in [1.165, 1.54) is 0 Å². The number of carbonyl (C=O) groups is 4. The van der Waals surface area contributed by atoms with Gasteiger partial charge in [0.15, 0.2) is 0 Å². The standard InChI is InChI=1S/C29H37N5O5S/c1-3-17(2)25(34-26(35)21(30)14-19-15-31-22-12-8-7-11-20(19)22)28(37)32-23(13-18-9-5-4-6-10-18)27(36)33-24(16-40)29(38)39/h4-12,15,17,21,23-25,31,40H,3,13-14,16,30H2,1-2H3,(H,32,37)(H,33,36)(H,34,35)(H,38,39). The second kappa shape index (κ2) is 14.5. The van der Waals surface area contributed by atoms with Crippen molar-refractivity contribution in [3.05, 3.63) is 71.9 Å². The van der Waals surface area contributed by atoms with Crippen molar-refractivity contribution >= 4 is 47.2 Å². The number of carboxylic acids is 1. The number of hydrogen-bond acceptors (Lipinski definition) is 6. The highest BCUT2D eigenvalue weighted by atomic mass is 32.1. The molecule has 0 aliphatic rings. The molecule has 0 aliphatic heterocycles. The largest absolute Gasteiger partial charge is 0.480 e. The van der Waals surface area contributed by atoms with E-state index in [9.17, 15) is 24.3 Å². The Morgan fingerprint density at radius 2 is 1.55 bits per heavy atom. The average molecular weight is 568 g/mol. The molecule has 214 valence electrons. The molecule has 5 atom stereocenters. The lowest BCUT2D eigenvalue weighted by Crippen LogP contribution is -2.59. The van der Waals surface area contributed by atoms with E-state index in [0.717, 1.165) is 22.0 Å². The van der Waals surface area contributed by atoms with E-state index >= 15 is 0 Å². The van der Waals surface area contributed by atoms with Crippen LogP contribution in [-0.4, -0.2) is 63.7 Å². The number of H-pyrrole nitrogens is 1. The topological polar surface area (TPSA) is 166 Å². The highest BCUT2D eigenvalue weighted by molar-refractivity contribution is 7.80. The first kappa shape index (κ1) is 30.7. The van der Waals surface area contributed by atoms with Gasteiger partial charge in [0.25, 0.3) is 0 Å². The van der Waals surface area contributed by atoms with Crippen LogP contribution in [0.15, 0.2) is 60.8 Å². The van der Waals surface area contributed by atoms with Crippen LogP contribution in [0, 0.1) is 5.92 Å². The number of para-hydroxylation sites is 1. The third-order valence-corrected chi connectivity index (χ3v) is 7.32. The highest BCUT2D eigenvalue weighted by Gasteiger charge is 2.32. The molecular formula is C29H37N5O5S. The van der Waals surface area contributed by atoms with Crippen molar-refractivity contribution in [1.29, 1.82) is 0 Å². The fourth-order valence-corrected chi connectivity index (χ4v) is 4.62. The van der Waals surface area contributed by atoms with Gasteiger partial charge in [-0.25, -0.2) is 4.79 Å². The number of thiol groups is 1. The van der Waals surface area contributed by atoms with E-state index in [1.807, 2.05) is 50.4 Å². The highest BCUT2D eigenvalue weighted by Crippen LogP contribution is 2.19. The molecule has 5 unspecified atom stereocenters. The lowest BCUT2D eigenvalue weighted by molar-refractivity contribution is -0.141. The molecule has 10 nitrogen and oxygen atoms in total. The average Bonchev–Trinajstić information content (AvgIpc) is 3.36. The molecule has 11 heteroatoms. The maximum absolute atomic E-state index is 13.5. The van der Waals surface area contributed by atoms with Gasteiger partial charge in [-0.1, -0.05) is 68.8 Å². The molecule has 2 aromatic carbocycles. The minimum Gasteiger partial charge on any atom is -0.480 e. The van der Waals surface area contributed by atoms with Gasteiger partial charge < -0.3 is 31.8 Å². The fraction of sp³-hybridized carbons (Fsp3) is 0.379. The quantitative estimate of drug-likeness (QED) is 0.147. The molecular weight excluding hydrogens is 530 g/mol. The SMILES string of the molecule is CCC(C)C(NC(=O)C(N)Cc1c[nH]c2ccccc12)C(=O)NC(Cc1ccccc1)C(=O)NC(CS)C(=O)O. The molecule has 0 radical (unpaired) electrons. The number of rotatable bonds is 14. The van der Waals surface area contributed by atoms with Crippen LogP contribution in [0.5, 0.6) is 0 Å². The van der Waals surface area contributed by atoms with E-state index in [-0.39, 0.29) is 24.5 Å². The van der Waals surface area contributed by atoms with Crippen LogP contribution >= 0.6 is 12.6 Å². The van der Waals surface area contributed by atoms with Gasteiger partial charge in [0.2, 0.25) is 17.7 Å². The Hall–Kier alpha value is -3.83. The lowest BCUT2D eigenvalue weighted by Gasteiger charge is -2.28. The molecule has 0 saturated carbocycles. The number of aromatic amines is 1. The molecule has 0 aliphatic carbocycles. The Labute approximate surface area is 238 Å². The summed E-state index contributed by atoms with van der Waals surface area (Å²) in [5, 5.41) is 18.3. The van der Waals surface area contributed by atoms with Gasteiger partial charge in [-0.15, -0.1) is 0 Å². The number of nitrogens with two attached hydrogens (primary N) is 1. The summed E-state index contributed by atoms with van der Waals surface area (Å²) < 4.78 is 0. The number of aromatic nitrogens is 1. The van der Waals surface area contributed by atoms with E-state index in [1.54, 1.807) is 24.3 Å². The van der Waals surface area contributed by atoms with Crippen LogP contribution in [-0.2, 0) is 32.0 Å². The van der Waals surface area contributed by atoms with Crippen LogP contribution in [0.2, 0.25) is 0 Å². The first-order valence-corrected chi connectivity index (χ1v) is 13.9. The molecule has 40 heavy (non-hydrogen) atoms. The number of aliphatic carboxylic acids is 1. The molecule has 7 N–H and O–H groups in total. The monoisotopic (exact) mass is 567 g/mol. The second-order valence-corrected chi connectivity index (χ2v) is 10.2. The zero-order valence-corrected chi connectivity index (χ0v) is 23.5. The van der Waals surface area contributed by atoms with Crippen molar-refractivity contribution in [1.82, 2.24) is 20.9 Å². The maximum atomic E-state index is 13.5. The molecule has 3 rings (SSSR count). The summed E-state index contributed by atoms with van der Waals surface area (Å²) in [6, 6.07) is 12.6. The van der Waals surface area contributed by atoms with Crippen LogP contribution in [0.3, 0.4) is 0 Å². The third-order valence-electron chi connectivity index (χ3n) is 6.96. The smallest absolute Gasteiger partial charge is 0.327 e. The summed E-state index contributed by atoms with van der Waals surface area (Å²) in [6.07, 6.45) is 2.79. The van der Waals surface area contributed by atoms with Crippen molar-refractivity contribution in [3.8, 4) is 0 Å². The summed E-state index contributed by atoms with van der Waals surface area (Å²) in [5.74, 6) is -3.33. The first-order chi connectivity index (χ1) is 19.1. The molecule has 0 spiro atoms. The molecule has 1 aromatic heterocycles. The van der Waals surface area contributed by atoms with Crippen molar-refractivity contribution in [3.63, 3.8) is 0 Å². The summed E-state index contributed by atoms with van der Waals surface area (Å²) in [6.45, 7) is 3.71. The van der Waals surface area contributed by atoms with E-state index in [4.69, 9.17) is 5.73 Å². The summed E-state index contributed by atoms with van der Waals surface area (Å²) in [4.78, 5) is 54.4. The van der Waals surface area contributed by atoms with Gasteiger partial charge in [-0.3, -0.25) is 14.4 Å². The van der Waals surface area contributed by atoms with Crippen LogP contribution in [0.25, 0.3) is 10.9 Å². The number of amides is 3. The summed E-state index contributed by atoms with van der Waals surface area (Å²) >= 11 is 4.00. The molecule has 0 bridgehead atoms. The van der Waals surface area contributed by atoms with Crippen molar-refractivity contribution < 1.29 is 24.3 Å². The van der Waals surface area contributed by atoms with Gasteiger partial charge in [0.1, 0.15) is 18.1 Å². The van der Waals surface area contributed by atoms with E-state index in [0.29, 0.717) is 6.42 Å². The Bertz CT molecular complexity index is 1310. The first-order valence-electron chi connectivity index (χ1n) is 13.2. The van der Waals surface area contributed by atoms with Gasteiger partial charge in [-0.2, -0.15) is 12.6 Å². The van der Waals surface area contributed by atoms with Crippen LogP contribution in [0.1, 0.15) is 31.4 Å². The van der Waals surface area contributed by atoms with Crippen LogP contribution < -0.4 is 21.7 Å². The Kier molecular flexibility index (Phi) is 11.2. The molecule has 3 amide bonds. The number of carboxylic acid groups (broad SMARTS) is 1. The van der Waals surface area contributed by atoms with E-state index in [2.05, 4.69) is 33.6 Å². The zero-order valence-electron chi connectivity index (χ0n) is 22.6. The normalized spacial score (nSPS) is 14.9. The number of fused-ring (bicyclic) bond motifs is 1. The minimum absolute atomic E-state index is 0.118. The van der Waals surface area contributed by atoms with Crippen molar-refractivity contribution in [2.45, 2.75) is 57.3 Å². The Morgan fingerprint density at radius 3 is 2.20 bits per heavy atom. The number of nitrogens with one attached hydrogen (secondary N) is 4. The predicted molar refractivity (Wildman–Crippen MR) is 157 cm³/mol. The second-order valence-electron chi connectivity index (χ2n) is 9.87. The fourth-order valence-electron chi connectivity index (χ4n) is 4.37. The number of hydrogen-bond donors (Lipinski definition) is 7. The summed E-state index contributed by atoms with van der Waals surface area (Å²) in [5.41, 5.74) is 8.85. The minimum atomic E-state index is -1.23. The molecule has 3 aromatic rings. The zero-order chi connectivity index (χ0) is 29.2. The molecule has 0 fully saturated rings. The maximum Gasteiger partial charge on any atom is 0.327 e. The number of benzene rings is 2. The van der Waals surface area contributed by atoms with Gasteiger partial charge >= 0.3 is 5.97 Å². The predicted octanol–water partition coefficient (Wildman–Crippen LogP) is 1.80. The Morgan fingerprint density at radius 1 is 0.900 bits per heavy atom. The Balaban J connectivity index is 1.75. The van der Waals surface area contributed by atoms with Crippen molar-refractivity contribution in [2.24, 2.45) is 11.7 Å². The summed E-state index contributed by atoms with van der Waals surface area (Å²) in [7, 11) is 0. The molecule has 1 heterocycles. The lowest BCUT2D eigenvalue weighted by atomic mass is 9.96. The molecule has 0 saturated heterocycles. The van der Waals surface area contributed by atoms with Crippen LogP contribution in [0.4, 0.5) is 0 Å². The van der Waals surface area contributed by atoms with Gasteiger partial charge in [-0.05, 0) is 29.5 Å². The van der Waals surface area contributed by atoms with Gasteiger partial charge in [0, 0.05) is 29.3 Å². The number of carbonyl (C=O) groups excluding carboxylic acids is 3. The van der Waals surface area contributed by atoms with Gasteiger partial charge in [0.05, 0.1) is 6.04 Å². The van der Waals surface area contributed by atoms with Crippen molar-refractivity contribution in [2.75, 3.05) is 5.75 Å². The third kappa shape index (κ3) is 8.09.